The van der Waals surface area contributed by atoms with E-state index >= 15 is 0 Å². The van der Waals surface area contributed by atoms with Crippen LogP contribution in [0.4, 0.5) is 4.79 Å². The molecule has 0 heterocycles. The van der Waals surface area contributed by atoms with Crippen LogP contribution in [0.2, 0.25) is 0 Å². The molecular weight excluding hydrogens is 162 g/mol. The topological polar surface area (TPSA) is 67.5 Å². The summed E-state index contributed by atoms with van der Waals surface area (Å²) in [4.78, 5) is 10.2. The maximum absolute atomic E-state index is 10.2. The SMILES string of the molecule is NC(=O)N/N=C1/CCCC1S. The fourth-order valence-electron chi connectivity index (χ4n) is 1.07. The molecule has 0 aromatic carbocycles. The highest BCUT2D eigenvalue weighted by molar-refractivity contribution is 7.81. The second kappa shape index (κ2) is 3.61. The second-order valence-corrected chi connectivity index (χ2v) is 3.11. The van der Waals surface area contributed by atoms with Gasteiger partial charge in [-0.25, -0.2) is 10.2 Å². The molecule has 1 aliphatic rings. The van der Waals surface area contributed by atoms with Crippen molar-refractivity contribution in [1.82, 2.24) is 5.43 Å². The van der Waals surface area contributed by atoms with E-state index in [1.54, 1.807) is 0 Å². The summed E-state index contributed by atoms with van der Waals surface area (Å²) in [5, 5.41) is 4.02. The Balaban J connectivity index is 2.45. The third-order valence-corrected chi connectivity index (χ3v) is 2.16. The zero-order valence-corrected chi connectivity index (χ0v) is 6.97. The molecule has 2 amide bonds. The number of nitrogens with two attached hydrogens (primary N) is 1. The Morgan fingerprint density at radius 1 is 1.82 bits per heavy atom. The van der Waals surface area contributed by atoms with Crippen LogP contribution in [0.3, 0.4) is 0 Å². The molecule has 0 radical (unpaired) electrons. The van der Waals surface area contributed by atoms with E-state index < -0.39 is 6.03 Å². The number of hydrazone groups is 1. The zero-order valence-electron chi connectivity index (χ0n) is 6.08. The molecule has 0 aromatic rings. The van der Waals surface area contributed by atoms with Crippen LogP contribution in [-0.4, -0.2) is 17.0 Å². The van der Waals surface area contributed by atoms with E-state index in [0.29, 0.717) is 0 Å². The van der Waals surface area contributed by atoms with Gasteiger partial charge >= 0.3 is 6.03 Å². The molecule has 62 valence electrons. The largest absolute Gasteiger partial charge is 0.350 e. The number of nitrogens with zero attached hydrogens (tertiary/aromatic N) is 1. The molecule has 4 nitrogen and oxygen atoms in total. The molecule has 3 N–H and O–H groups in total. The van der Waals surface area contributed by atoms with Crippen molar-refractivity contribution in [1.29, 1.82) is 0 Å². The third-order valence-electron chi connectivity index (χ3n) is 1.60. The lowest BCUT2D eigenvalue weighted by atomic mass is 10.3. The minimum absolute atomic E-state index is 0.196. The highest BCUT2D eigenvalue weighted by Crippen LogP contribution is 2.20. The zero-order chi connectivity index (χ0) is 8.27. The third kappa shape index (κ3) is 2.42. The summed E-state index contributed by atoms with van der Waals surface area (Å²) in [6.45, 7) is 0. The van der Waals surface area contributed by atoms with Crippen molar-refractivity contribution in [3.8, 4) is 0 Å². The van der Waals surface area contributed by atoms with E-state index in [1.165, 1.54) is 0 Å². The van der Waals surface area contributed by atoms with E-state index in [4.69, 9.17) is 5.73 Å². The van der Waals surface area contributed by atoms with Crippen molar-refractivity contribution in [2.45, 2.75) is 24.5 Å². The average Bonchev–Trinajstić information content (AvgIpc) is 2.31. The van der Waals surface area contributed by atoms with Crippen LogP contribution in [0.5, 0.6) is 0 Å². The van der Waals surface area contributed by atoms with Gasteiger partial charge in [-0.1, -0.05) is 0 Å². The van der Waals surface area contributed by atoms with Crippen LogP contribution in [0.25, 0.3) is 0 Å². The molecule has 0 saturated heterocycles. The Morgan fingerprint density at radius 2 is 2.55 bits per heavy atom. The maximum Gasteiger partial charge on any atom is 0.332 e. The first-order chi connectivity index (χ1) is 5.20. The van der Waals surface area contributed by atoms with Crippen LogP contribution < -0.4 is 11.2 Å². The van der Waals surface area contributed by atoms with Crippen molar-refractivity contribution < 1.29 is 4.79 Å². The Hall–Kier alpha value is -0.710. The number of primary amides is 1. The summed E-state index contributed by atoms with van der Waals surface area (Å²) >= 11 is 4.27. The molecular formula is C6H11N3OS. The first kappa shape index (κ1) is 8.39. The lowest BCUT2D eigenvalue weighted by Gasteiger charge is -2.00. The minimum Gasteiger partial charge on any atom is -0.350 e. The molecule has 0 spiro atoms. The standard InChI is InChI=1S/C6H11N3OS/c7-6(10)9-8-4-2-1-3-5(4)11/h5,11H,1-3H2,(H3,7,9,10)/b8-4-. The Labute approximate surface area is 70.6 Å². The Kier molecular flexibility index (Phi) is 2.76. The Bertz CT molecular complexity index is 192. The molecule has 0 bridgehead atoms. The number of carbonyl (C=O) groups excluding carboxylic acids is 1. The van der Waals surface area contributed by atoms with Crippen LogP contribution >= 0.6 is 12.6 Å². The number of nitrogens with one attached hydrogen (secondary N) is 1. The average molecular weight is 173 g/mol. The maximum atomic E-state index is 10.2. The molecule has 1 aliphatic carbocycles. The highest BCUT2D eigenvalue weighted by Gasteiger charge is 2.18. The molecule has 0 aliphatic heterocycles. The van der Waals surface area contributed by atoms with Gasteiger partial charge in [-0.05, 0) is 19.3 Å². The van der Waals surface area contributed by atoms with Gasteiger partial charge in [0.15, 0.2) is 0 Å². The molecule has 5 heteroatoms. The van der Waals surface area contributed by atoms with Crippen LogP contribution in [0.15, 0.2) is 5.10 Å². The van der Waals surface area contributed by atoms with Gasteiger partial charge in [0, 0.05) is 5.25 Å². The lowest BCUT2D eigenvalue weighted by molar-refractivity contribution is 0.249. The van der Waals surface area contributed by atoms with E-state index in [-0.39, 0.29) is 5.25 Å². The monoisotopic (exact) mass is 173 g/mol. The van der Waals surface area contributed by atoms with Crippen molar-refractivity contribution in [3.63, 3.8) is 0 Å². The quantitative estimate of drug-likeness (QED) is 0.392. The highest BCUT2D eigenvalue weighted by atomic mass is 32.1. The summed E-state index contributed by atoms with van der Waals surface area (Å²) in [6.07, 6.45) is 3.03. The van der Waals surface area contributed by atoms with Gasteiger partial charge in [0.2, 0.25) is 0 Å². The molecule has 1 unspecified atom stereocenters. The van der Waals surface area contributed by atoms with Gasteiger partial charge in [0.25, 0.3) is 0 Å². The first-order valence-corrected chi connectivity index (χ1v) is 4.02. The van der Waals surface area contributed by atoms with Crippen LogP contribution in [0.1, 0.15) is 19.3 Å². The fraction of sp³-hybridized carbons (Fsp3) is 0.667. The number of carbonyl (C=O) groups is 1. The first-order valence-electron chi connectivity index (χ1n) is 3.50. The summed E-state index contributed by atoms with van der Waals surface area (Å²) < 4.78 is 0. The van der Waals surface area contributed by atoms with Crippen molar-refractivity contribution in [2.75, 3.05) is 0 Å². The summed E-state index contributed by atoms with van der Waals surface area (Å²) in [7, 11) is 0. The number of hydrogen-bond donors (Lipinski definition) is 3. The number of thiol groups is 1. The minimum atomic E-state index is -0.620. The van der Waals surface area contributed by atoms with Crippen molar-refractivity contribution >= 4 is 24.4 Å². The van der Waals surface area contributed by atoms with Crippen molar-refractivity contribution in [3.05, 3.63) is 0 Å². The molecule has 1 fully saturated rings. The normalized spacial score (nSPS) is 27.4. The van der Waals surface area contributed by atoms with Gasteiger partial charge in [0.1, 0.15) is 0 Å². The Morgan fingerprint density at radius 3 is 3.00 bits per heavy atom. The number of urea groups is 1. The van der Waals surface area contributed by atoms with Gasteiger partial charge in [-0.3, -0.25) is 0 Å². The van der Waals surface area contributed by atoms with E-state index in [2.05, 4.69) is 23.2 Å². The van der Waals surface area contributed by atoms with E-state index in [1.807, 2.05) is 0 Å². The predicted octanol–water partition coefficient (Wildman–Crippen LogP) is 0.493. The predicted molar refractivity (Wildman–Crippen MR) is 46.8 cm³/mol. The fourth-order valence-corrected chi connectivity index (χ4v) is 1.44. The molecule has 0 aromatic heterocycles. The lowest BCUT2D eigenvalue weighted by Crippen LogP contribution is -2.26. The van der Waals surface area contributed by atoms with Gasteiger partial charge in [0.05, 0.1) is 5.71 Å². The van der Waals surface area contributed by atoms with Gasteiger partial charge < -0.3 is 5.73 Å². The van der Waals surface area contributed by atoms with Crippen LogP contribution in [0, 0.1) is 0 Å². The second-order valence-electron chi connectivity index (χ2n) is 2.49. The number of amides is 2. The van der Waals surface area contributed by atoms with E-state index in [0.717, 1.165) is 25.0 Å². The smallest absolute Gasteiger partial charge is 0.332 e. The summed E-state index contributed by atoms with van der Waals surface area (Å²) in [5.41, 5.74) is 7.95. The van der Waals surface area contributed by atoms with Gasteiger partial charge in [-0.15, -0.1) is 0 Å². The van der Waals surface area contributed by atoms with E-state index in [9.17, 15) is 4.79 Å². The van der Waals surface area contributed by atoms with Crippen molar-refractivity contribution in [2.24, 2.45) is 10.8 Å². The summed E-state index contributed by atoms with van der Waals surface area (Å²) in [5.74, 6) is 0. The number of hydrogen-bond acceptors (Lipinski definition) is 3. The number of rotatable bonds is 1. The van der Waals surface area contributed by atoms with Crippen LogP contribution in [-0.2, 0) is 0 Å². The molecule has 1 rings (SSSR count). The summed E-state index contributed by atoms with van der Waals surface area (Å²) in [6, 6.07) is -0.620. The molecule has 1 saturated carbocycles. The molecule has 11 heavy (non-hydrogen) atoms. The molecule has 1 atom stereocenters. The van der Waals surface area contributed by atoms with Gasteiger partial charge in [-0.2, -0.15) is 17.7 Å².